The van der Waals surface area contributed by atoms with Gasteiger partial charge in [-0.2, -0.15) is 18.3 Å². The monoisotopic (exact) mass is 408 g/mol. The summed E-state index contributed by atoms with van der Waals surface area (Å²) in [5, 5.41) is 5.54. The van der Waals surface area contributed by atoms with E-state index >= 15 is 0 Å². The Hall–Kier alpha value is -2.88. The zero-order valence-corrected chi connectivity index (χ0v) is 16.3. The number of anilines is 1. The summed E-state index contributed by atoms with van der Waals surface area (Å²) in [5.41, 5.74) is 7.20. The van der Waals surface area contributed by atoms with Crippen molar-refractivity contribution in [1.29, 1.82) is 0 Å². The molecule has 0 saturated carbocycles. The molecule has 2 aliphatic rings. The number of hydrogen-bond donors (Lipinski definition) is 1. The van der Waals surface area contributed by atoms with Crippen LogP contribution in [0.25, 0.3) is 0 Å². The predicted octanol–water partition coefficient (Wildman–Crippen LogP) is 2.90. The fourth-order valence-electron chi connectivity index (χ4n) is 3.23. The summed E-state index contributed by atoms with van der Waals surface area (Å²) in [5.74, 6) is 0.613. The lowest BCUT2D eigenvalue weighted by molar-refractivity contribution is -0.137. The van der Waals surface area contributed by atoms with Crippen molar-refractivity contribution in [2.75, 3.05) is 31.2 Å². The lowest BCUT2D eigenvalue weighted by Crippen LogP contribution is -2.38. The molecule has 156 valence electrons. The van der Waals surface area contributed by atoms with E-state index in [1.165, 1.54) is 11.1 Å². The van der Waals surface area contributed by atoms with Gasteiger partial charge >= 0.3 is 6.18 Å². The molecule has 0 radical (unpaired) electrons. The minimum absolute atomic E-state index is 0.0873. The van der Waals surface area contributed by atoms with Gasteiger partial charge in [-0.25, -0.2) is 15.0 Å². The van der Waals surface area contributed by atoms with Gasteiger partial charge in [0.2, 0.25) is 0 Å². The van der Waals surface area contributed by atoms with Crippen molar-refractivity contribution in [3.05, 3.63) is 47.2 Å². The van der Waals surface area contributed by atoms with E-state index in [-0.39, 0.29) is 12.2 Å². The number of ether oxygens (including phenoxy) is 1. The first kappa shape index (κ1) is 20.8. The molecule has 29 heavy (non-hydrogen) atoms. The maximum atomic E-state index is 13.5. The van der Waals surface area contributed by atoms with Crippen LogP contribution in [0.5, 0.6) is 0 Å². The van der Waals surface area contributed by atoms with E-state index in [1.54, 1.807) is 25.0 Å². The molecular weight excluding hydrogens is 385 g/mol. The molecular formula is C19H23F3N6O. The Kier molecular flexibility index (Phi) is 5.92. The van der Waals surface area contributed by atoms with Crippen molar-refractivity contribution in [3.63, 3.8) is 0 Å². The van der Waals surface area contributed by atoms with Crippen LogP contribution >= 0.6 is 0 Å². The molecule has 1 fully saturated rings. The Morgan fingerprint density at radius 2 is 2.00 bits per heavy atom. The number of halogens is 3. The van der Waals surface area contributed by atoms with Crippen molar-refractivity contribution < 1.29 is 17.9 Å². The predicted molar refractivity (Wildman–Crippen MR) is 105 cm³/mol. The molecule has 10 heteroatoms. The van der Waals surface area contributed by atoms with Crippen LogP contribution < -0.4 is 10.6 Å². The normalized spacial score (nSPS) is 18.7. The molecule has 1 aromatic rings. The Morgan fingerprint density at radius 3 is 2.62 bits per heavy atom. The van der Waals surface area contributed by atoms with Crippen LogP contribution in [0.4, 0.5) is 19.0 Å². The summed E-state index contributed by atoms with van der Waals surface area (Å²) >= 11 is 0. The largest absolute Gasteiger partial charge is 0.419 e. The van der Waals surface area contributed by atoms with E-state index in [2.05, 4.69) is 21.7 Å². The Balaban J connectivity index is 1.99. The van der Waals surface area contributed by atoms with Crippen molar-refractivity contribution in [3.8, 4) is 0 Å². The highest BCUT2D eigenvalue weighted by Crippen LogP contribution is 2.36. The molecule has 3 rings (SSSR count). The number of nitrogens with two attached hydrogens (primary N) is 1. The first-order valence-corrected chi connectivity index (χ1v) is 9.14. The van der Waals surface area contributed by atoms with Gasteiger partial charge < -0.3 is 15.4 Å². The zero-order chi connectivity index (χ0) is 21.2. The van der Waals surface area contributed by atoms with Gasteiger partial charge in [-0.15, -0.1) is 0 Å². The van der Waals surface area contributed by atoms with Gasteiger partial charge in [0.1, 0.15) is 17.5 Å². The Labute approximate surface area is 167 Å². The summed E-state index contributed by atoms with van der Waals surface area (Å²) < 4.78 is 45.8. The number of hydrazone groups is 1. The topological polar surface area (TPSA) is 79.3 Å². The summed E-state index contributed by atoms with van der Waals surface area (Å²) in [4.78, 5) is 10.3. The second-order valence-corrected chi connectivity index (χ2v) is 6.61. The standard InChI is InChI=1S/C19H23F3N6O/c1-4-24-28-13(3)25-12(2)15(17(28)23)11-14-5-6-16(19(20,21)22)18(26-14)27-7-9-29-10-8-27/h4-6H,3,7-11,23H2,1-2H3/b24-4-. The smallest absolute Gasteiger partial charge is 0.383 e. The molecule has 1 saturated heterocycles. The first-order chi connectivity index (χ1) is 13.7. The average molecular weight is 408 g/mol. The van der Waals surface area contributed by atoms with Crippen LogP contribution in [-0.2, 0) is 17.3 Å². The number of rotatable bonds is 4. The van der Waals surface area contributed by atoms with Gasteiger partial charge in [-0.05, 0) is 26.0 Å². The molecule has 0 unspecified atom stereocenters. The van der Waals surface area contributed by atoms with Gasteiger partial charge in [-0.1, -0.05) is 6.58 Å². The number of nitrogens with zero attached hydrogens (tertiary/aromatic N) is 5. The zero-order valence-electron chi connectivity index (χ0n) is 16.3. The number of hydrogen-bond acceptors (Lipinski definition) is 7. The maximum absolute atomic E-state index is 13.5. The molecule has 0 amide bonds. The van der Waals surface area contributed by atoms with Crippen LogP contribution in [-0.4, -0.2) is 48.2 Å². The summed E-state index contributed by atoms with van der Waals surface area (Å²) in [6.45, 7) is 8.75. The van der Waals surface area contributed by atoms with Crippen molar-refractivity contribution >= 4 is 17.7 Å². The maximum Gasteiger partial charge on any atom is 0.419 e. The number of aromatic nitrogens is 1. The highest BCUT2D eigenvalue weighted by molar-refractivity contribution is 6.00. The number of aliphatic imine (C=N–C) groups is 1. The fraction of sp³-hybridized carbons (Fsp3) is 0.421. The van der Waals surface area contributed by atoms with E-state index in [4.69, 9.17) is 10.5 Å². The molecule has 0 atom stereocenters. The third kappa shape index (κ3) is 4.42. The molecule has 0 bridgehead atoms. The lowest BCUT2D eigenvalue weighted by atomic mass is 10.0. The van der Waals surface area contributed by atoms with E-state index < -0.39 is 11.7 Å². The van der Waals surface area contributed by atoms with Crippen LogP contribution in [0.2, 0.25) is 0 Å². The van der Waals surface area contributed by atoms with Gasteiger partial charge in [0.25, 0.3) is 0 Å². The summed E-state index contributed by atoms with van der Waals surface area (Å²) in [6.07, 6.45) is -2.72. The third-order valence-electron chi connectivity index (χ3n) is 4.65. The van der Waals surface area contributed by atoms with E-state index in [9.17, 15) is 13.2 Å². The van der Waals surface area contributed by atoms with Gasteiger partial charge in [0.05, 0.1) is 18.8 Å². The number of morpholine rings is 1. The van der Waals surface area contributed by atoms with E-state index in [0.717, 1.165) is 6.07 Å². The van der Waals surface area contributed by atoms with Crippen LogP contribution in [0.1, 0.15) is 25.1 Å². The minimum atomic E-state index is -4.50. The minimum Gasteiger partial charge on any atom is -0.383 e. The molecule has 3 heterocycles. The highest BCUT2D eigenvalue weighted by atomic mass is 19.4. The van der Waals surface area contributed by atoms with Crippen molar-refractivity contribution in [2.45, 2.75) is 26.4 Å². The molecule has 2 aliphatic heterocycles. The van der Waals surface area contributed by atoms with E-state index in [1.807, 2.05) is 0 Å². The number of allylic oxidation sites excluding steroid dienone is 1. The average Bonchev–Trinajstić information content (AvgIpc) is 2.68. The summed E-state index contributed by atoms with van der Waals surface area (Å²) in [6, 6.07) is 2.44. The molecule has 7 nitrogen and oxygen atoms in total. The summed E-state index contributed by atoms with van der Waals surface area (Å²) in [7, 11) is 0. The fourth-order valence-corrected chi connectivity index (χ4v) is 3.23. The molecule has 0 aromatic carbocycles. The van der Waals surface area contributed by atoms with Crippen LogP contribution in [0.15, 0.2) is 46.0 Å². The number of alkyl halides is 3. The van der Waals surface area contributed by atoms with E-state index in [0.29, 0.717) is 54.9 Å². The van der Waals surface area contributed by atoms with Crippen LogP contribution in [0, 0.1) is 0 Å². The molecule has 0 spiro atoms. The SMILES string of the molecule is C=C1N=C(C)C(Cc2ccc(C(F)(F)F)c(N3CCOCC3)n2)=C(N)N1/N=C\C. The number of pyridine rings is 1. The molecule has 0 aliphatic carbocycles. The Bertz CT molecular complexity index is 884. The quantitative estimate of drug-likeness (QED) is 0.775. The van der Waals surface area contributed by atoms with Crippen molar-refractivity contribution in [2.24, 2.45) is 15.8 Å². The van der Waals surface area contributed by atoms with Crippen molar-refractivity contribution in [1.82, 2.24) is 9.99 Å². The van der Waals surface area contributed by atoms with Gasteiger partial charge in [0.15, 0.2) is 0 Å². The third-order valence-corrected chi connectivity index (χ3v) is 4.65. The molecule has 2 N–H and O–H groups in total. The second-order valence-electron chi connectivity index (χ2n) is 6.61. The lowest BCUT2D eigenvalue weighted by Gasteiger charge is -2.30. The second kappa shape index (κ2) is 8.24. The first-order valence-electron chi connectivity index (χ1n) is 9.14. The van der Waals surface area contributed by atoms with Gasteiger partial charge in [-0.3, -0.25) is 0 Å². The molecule has 1 aromatic heterocycles. The van der Waals surface area contributed by atoms with Crippen LogP contribution in [0.3, 0.4) is 0 Å². The van der Waals surface area contributed by atoms with Gasteiger partial charge in [0, 0.05) is 42.7 Å². The highest BCUT2D eigenvalue weighted by Gasteiger charge is 2.36. The Morgan fingerprint density at radius 1 is 1.31 bits per heavy atom.